The summed E-state index contributed by atoms with van der Waals surface area (Å²) >= 11 is 2.00. The third kappa shape index (κ3) is 2.73. The van der Waals surface area contributed by atoms with Crippen molar-refractivity contribution in [1.29, 1.82) is 0 Å². The highest BCUT2D eigenvalue weighted by Crippen LogP contribution is 2.24. The molecule has 2 rings (SSSR count). The molecule has 1 heterocycles. The van der Waals surface area contributed by atoms with Crippen LogP contribution in [0.1, 0.15) is 19.3 Å². The van der Waals surface area contributed by atoms with Crippen molar-refractivity contribution in [3.05, 3.63) is 20.3 Å². The fourth-order valence-corrected chi connectivity index (χ4v) is 2.53. The van der Waals surface area contributed by atoms with E-state index in [0.717, 1.165) is 25.8 Å². The largest absolute Gasteiger partial charge is 0.369 e. The van der Waals surface area contributed by atoms with Crippen molar-refractivity contribution in [3.8, 4) is 0 Å². The van der Waals surface area contributed by atoms with Gasteiger partial charge < -0.3 is 16.0 Å². The van der Waals surface area contributed by atoms with E-state index < -0.39 is 0 Å². The second kappa shape index (κ2) is 5.13. The average molecular weight is 334 g/mol. The Hall–Kier alpha value is -0.630. The number of nitrogens with zero attached hydrogens (tertiary/aromatic N) is 1. The molecule has 2 atom stereocenters. The topological polar surface area (TPSA) is 83.8 Å². The number of aromatic nitrogens is 2. The van der Waals surface area contributed by atoms with E-state index in [-0.39, 0.29) is 5.56 Å². The zero-order chi connectivity index (χ0) is 11.5. The standard InChI is InChI=1S/C10H15IN4O/c11-8-9(14-5-15-10(8)16)13-4-6-1-2-7(12)3-6/h5-7H,1-4,12H2,(H2,13,14,15,16). The molecule has 1 aliphatic rings. The van der Waals surface area contributed by atoms with Crippen LogP contribution in [-0.4, -0.2) is 22.6 Å². The van der Waals surface area contributed by atoms with Crippen LogP contribution in [0.25, 0.3) is 0 Å². The first-order chi connectivity index (χ1) is 7.66. The smallest absolute Gasteiger partial charge is 0.266 e. The van der Waals surface area contributed by atoms with Gasteiger partial charge in [0, 0.05) is 12.6 Å². The molecule has 4 N–H and O–H groups in total. The molecule has 0 saturated heterocycles. The number of nitrogens with one attached hydrogen (secondary N) is 2. The maximum atomic E-state index is 11.3. The fraction of sp³-hybridized carbons (Fsp3) is 0.600. The molecule has 2 unspecified atom stereocenters. The van der Waals surface area contributed by atoms with Crippen LogP contribution >= 0.6 is 22.6 Å². The number of halogens is 1. The second-order valence-electron chi connectivity index (χ2n) is 4.21. The van der Waals surface area contributed by atoms with Crippen molar-refractivity contribution < 1.29 is 0 Å². The van der Waals surface area contributed by atoms with Gasteiger partial charge in [-0.25, -0.2) is 4.98 Å². The second-order valence-corrected chi connectivity index (χ2v) is 5.29. The fourth-order valence-electron chi connectivity index (χ4n) is 2.05. The van der Waals surface area contributed by atoms with Gasteiger partial charge >= 0.3 is 0 Å². The van der Waals surface area contributed by atoms with E-state index in [1.807, 2.05) is 22.6 Å². The lowest BCUT2D eigenvalue weighted by atomic mass is 10.1. The van der Waals surface area contributed by atoms with Crippen LogP contribution in [-0.2, 0) is 0 Å². The van der Waals surface area contributed by atoms with Crippen molar-refractivity contribution >= 4 is 28.4 Å². The normalized spacial score (nSPS) is 24.6. The van der Waals surface area contributed by atoms with Crippen molar-refractivity contribution in [2.75, 3.05) is 11.9 Å². The number of H-pyrrole nitrogens is 1. The Morgan fingerprint density at radius 2 is 2.44 bits per heavy atom. The minimum absolute atomic E-state index is 0.0961. The third-order valence-electron chi connectivity index (χ3n) is 2.94. The van der Waals surface area contributed by atoms with E-state index >= 15 is 0 Å². The number of anilines is 1. The van der Waals surface area contributed by atoms with Crippen LogP contribution in [0.5, 0.6) is 0 Å². The average Bonchev–Trinajstić information content (AvgIpc) is 2.67. The molecule has 1 saturated carbocycles. The van der Waals surface area contributed by atoms with Gasteiger partial charge in [0.15, 0.2) is 0 Å². The molecule has 1 aromatic rings. The summed E-state index contributed by atoms with van der Waals surface area (Å²) in [6, 6.07) is 0.345. The molecule has 0 aromatic carbocycles. The molecule has 0 amide bonds. The predicted octanol–water partition coefficient (Wildman–Crippen LogP) is 0.914. The minimum atomic E-state index is -0.0961. The SMILES string of the molecule is NC1CCC(CNc2nc[nH]c(=O)c2I)C1. The molecule has 0 spiro atoms. The van der Waals surface area contributed by atoms with Gasteiger partial charge in [0.1, 0.15) is 9.39 Å². The highest BCUT2D eigenvalue weighted by atomic mass is 127. The van der Waals surface area contributed by atoms with Crippen LogP contribution in [0.3, 0.4) is 0 Å². The molecular weight excluding hydrogens is 319 g/mol. The molecule has 0 aliphatic heterocycles. The molecule has 5 nitrogen and oxygen atoms in total. The van der Waals surface area contributed by atoms with Gasteiger partial charge in [0.2, 0.25) is 0 Å². The molecular formula is C10H15IN4O. The van der Waals surface area contributed by atoms with Gasteiger partial charge in [-0.3, -0.25) is 4.79 Å². The summed E-state index contributed by atoms with van der Waals surface area (Å²) in [5, 5.41) is 3.22. The van der Waals surface area contributed by atoms with Crippen molar-refractivity contribution in [2.24, 2.45) is 11.7 Å². The first kappa shape index (κ1) is 11.8. The van der Waals surface area contributed by atoms with Gasteiger partial charge in [-0.15, -0.1) is 0 Å². The highest BCUT2D eigenvalue weighted by Gasteiger charge is 2.21. The third-order valence-corrected chi connectivity index (χ3v) is 3.94. The first-order valence-electron chi connectivity index (χ1n) is 5.39. The molecule has 0 radical (unpaired) electrons. The lowest BCUT2D eigenvalue weighted by Gasteiger charge is -2.11. The van der Waals surface area contributed by atoms with E-state index in [2.05, 4.69) is 15.3 Å². The van der Waals surface area contributed by atoms with Crippen LogP contribution in [0.4, 0.5) is 5.82 Å². The molecule has 1 aromatic heterocycles. The Bertz CT molecular complexity index is 420. The number of hydrogen-bond donors (Lipinski definition) is 3. The molecule has 1 fully saturated rings. The maximum absolute atomic E-state index is 11.3. The van der Waals surface area contributed by atoms with Crippen molar-refractivity contribution in [3.63, 3.8) is 0 Å². The summed E-state index contributed by atoms with van der Waals surface area (Å²) in [5.74, 6) is 1.27. The van der Waals surface area contributed by atoms with Crippen molar-refractivity contribution in [2.45, 2.75) is 25.3 Å². The van der Waals surface area contributed by atoms with Crippen LogP contribution < -0.4 is 16.6 Å². The summed E-state index contributed by atoms with van der Waals surface area (Å²) in [6.45, 7) is 0.847. The Morgan fingerprint density at radius 1 is 1.62 bits per heavy atom. The number of rotatable bonds is 3. The van der Waals surface area contributed by atoms with E-state index in [0.29, 0.717) is 21.3 Å². The summed E-state index contributed by atoms with van der Waals surface area (Å²) < 4.78 is 0.613. The predicted molar refractivity (Wildman–Crippen MR) is 71.4 cm³/mol. The van der Waals surface area contributed by atoms with Crippen LogP contribution in [0, 0.1) is 9.49 Å². The Labute approximate surface area is 107 Å². The molecule has 16 heavy (non-hydrogen) atoms. The molecule has 0 bridgehead atoms. The highest BCUT2D eigenvalue weighted by molar-refractivity contribution is 14.1. The summed E-state index contributed by atoms with van der Waals surface area (Å²) in [6.07, 6.45) is 4.75. The van der Waals surface area contributed by atoms with E-state index in [4.69, 9.17) is 5.73 Å². The van der Waals surface area contributed by atoms with Crippen LogP contribution in [0.2, 0.25) is 0 Å². The summed E-state index contributed by atoms with van der Waals surface area (Å²) in [7, 11) is 0. The van der Waals surface area contributed by atoms with Gasteiger partial charge in [-0.2, -0.15) is 0 Å². The minimum Gasteiger partial charge on any atom is -0.369 e. The quantitative estimate of drug-likeness (QED) is 0.718. The number of hydrogen-bond acceptors (Lipinski definition) is 4. The Morgan fingerprint density at radius 3 is 3.12 bits per heavy atom. The lowest BCUT2D eigenvalue weighted by molar-refractivity contribution is 0.564. The van der Waals surface area contributed by atoms with Gasteiger partial charge in [-0.05, 0) is 47.8 Å². The van der Waals surface area contributed by atoms with Gasteiger partial charge in [0.05, 0.1) is 6.33 Å². The summed E-state index contributed by atoms with van der Waals surface area (Å²) in [5.41, 5.74) is 5.75. The van der Waals surface area contributed by atoms with Crippen molar-refractivity contribution in [1.82, 2.24) is 9.97 Å². The summed E-state index contributed by atoms with van der Waals surface area (Å²) in [4.78, 5) is 18.0. The van der Waals surface area contributed by atoms with Crippen LogP contribution in [0.15, 0.2) is 11.1 Å². The zero-order valence-corrected chi connectivity index (χ0v) is 11.0. The molecule has 6 heteroatoms. The maximum Gasteiger partial charge on any atom is 0.266 e. The van der Waals surface area contributed by atoms with E-state index in [9.17, 15) is 4.79 Å². The number of nitrogens with two attached hydrogens (primary N) is 1. The molecule has 88 valence electrons. The van der Waals surface area contributed by atoms with Gasteiger partial charge in [-0.1, -0.05) is 0 Å². The molecule has 1 aliphatic carbocycles. The first-order valence-corrected chi connectivity index (χ1v) is 6.47. The monoisotopic (exact) mass is 334 g/mol. The zero-order valence-electron chi connectivity index (χ0n) is 8.87. The van der Waals surface area contributed by atoms with E-state index in [1.165, 1.54) is 6.33 Å². The Kier molecular flexibility index (Phi) is 3.80. The number of aromatic amines is 1. The van der Waals surface area contributed by atoms with Gasteiger partial charge in [0.25, 0.3) is 5.56 Å². The lowest BCUT2D eigenvalue weighted by Crippen LogP contribution is -2.20. The Balaban J connectivity index is 1.95. The van der Waals surface area contributed by atoms with E-state index in [1.54, 1.807) is 0 Å².